The lowest BCUT2D eigenvalue weighted by molar-refractivity contribution is 0.149. The highest BCUT2D eigenvalue weighted by Crippen LogP contribution is 2.26. The molecular weight excluding hydrogens is 276 g/mol. The molecule has 0 saturated carbocycles. The van der Waals surface area contributed by atoms with Gasteiger partial charge in [-0.25, -0.2) is 13.6 Å². The average molecular weight is 300 g/mol. The number of rotatable bonds is 6. The first-order chi connectivity index (χ1) is 9.13. The molecule has 0 radical (unpaired) electrons. The molecule has 1 aromatic carbocycles. The minimum absolute atomic E-state index is 0.0728. The third-order valence-electron chi connectivity index (χ3n) is 3.91. The quantitative estimate of drug-likeness (QED) is 0.746. The van der Waals surface area contributed by atoms with Gasteiger partial charge < -0.3 is 10.4 Å². The maximum atomic E-state index is 11.5. The predicted molar refractivity (Wildman–Crippen MR) is 81.3 cm³/mol. The number of aryl methyl sites for hydroxylation is 1. The highest BCUT2D eigenvalue weighted by molar-refractivity contribution is 7.89. The summed E-state index contributed by atoms with van der Waals surface area (Å²) in [5.41, 5.74) is 2.34. The van der Waals surface area contributed by atoms with Gasteiger partial charge in [0.1, 0.15) is 0 Å². The fraction of sp³-hybridized carbons (Fsp3) is 0.571. The summed E-state index contributed by atoms with van der Waals surface area (Å²) in [6, 6.07) is 3.12. The number of hydrogen-bond donors (Lipinski definition) is 3. The van der Waals surface area contributed by atoms with Crippen LogP contribution in [0.15, 0.2) is 17.0 Å². The zero-order valence-corrected chi connectivity index (χ0v) is 13.3. The van der Waals surface area contributed by atoms with Gasteiger partial charge in [0.25, 0.3) is 0 Å². The van der Waals surface area contributed by atoms with E-state index in [4.69, 9.17) is 5.14 Å². The maximum Gasteiger partial charge on any atom is 0.238 e. The summed E-state index contributed by atoms with van der Waals surface area (Å²) in [6.07, 6.45) is 0.823. The second-order valence-electron chi connectivity index (χ2n) is 5.63. The van der Waals surface area contributed by atoms with E-state index >= 15 is 0 Å². The molecular formula is C14H24N2O3S. The van der Waals surface area contributed by atoms with E-state index in [2.05, 4.69) is 5.32 Å². The molecule has 0 aromatic heterocycles. The topological polar surface area (TPSA) is 92.4 Å². The van der Waals surface area contributed by atoms with E-state index in [1.807, 2.05) is 27.7 Å². The van der Waals surface area contributed by atoms with Crippen molar-refractivity contribution in [1.29, 1.82) is 0 Å². The largest absolute Gasteiger partial charge is 0.396 e. The standard InChI is InChI=1S/C14H24N2O3S/c1-5-14(4,9-17)8-16-13-7-12(20(15,18)19)6-10(2)11(13)3/h6-7,16-17H,5,8-9H2,1-4H3,(H2,15,18,19). The Morgan fingerprint density at radius 2 is 1.95 bits per heavy atom. The van der Waals surface area contributed by atoms with E-state index in [1.165, 1.54) is 0 Å². The third kappa shape index (κ3) is 3.94. The van der Waals surface area contributed by atoms with E-state index in [0.717, 1.165) is 23.2 Å². The van der Waals surface area contributed by atoms with Crippen LogP contribution in [0, 0.1) is 19.3 Å². The minimum atomic E-state index is -3.72. The van der Waals surface area contributed by atoms with Crippen LogP contribution in [0.3, 0.4) is 0 Å². The fourth-order valence-corrected chi connectivity index (χ4v) is 2.40. The number of benzene rings is 1. The summed E-state index contributed by atoms with van der Waals surface area (Å²) < 4.78 is 22.9. The highest BCUT2D eigenvalue weighted by atomic mass is 32.2. The third-order valence-corrected chi connectivity index (χ3v) is 4.80. The summed E-state index contributed by atoms with van der Waals surface area (Å²) in [5.74, 6) is 0. The maximum absolute atomic E-state index is 11.5. The van der Waals surface area contributed by atoms with Crippen molar-refractivity contribution < 1.29 is 13.5 Å². The van der Waals surface area contributed by atoms with Crippen LogP contribution in [0.5, 0.6) is 0 Å². The lowest BCUT2D eigenvalue weighted by atomic mass is 9.88. The summed E-state index contributed by atoms with van der Waals surface area (Å²) in [5, 5.41) is 17.8. The number of nitrogens with two attached hydrogens (primary N) is 1. The molecule has 0 spiro atoms. The van der Waals surface area contributed by atoms with Gasteiger partial charge in [-0.1, -0.05) is 13.8 Å². The average Bonchev–Trinajstić information content (AvgIpc) is 2.38. The van der Waals surface area contributed by atoms with Gasteiger partial charge in [-0.15, -0.1) is 0 Å². The van der Waals surface area contributed by atoms with Gasteiger partial charge >= 0.3 is 0 Å². The lowest BCUT2D eigenvalue weighted by Gasteiger charge is -2.27. The molecule has 1 aromatic rings. The number of aliphatic hydroxyl groups is 1. The smallest absolute Gasteiger partial charge is 0.238 e. The molecule has 0 saturated heterocycles. The highest BCUT2D eigenvalue weighted by Gasteiger charge is 2.21. The van der Waals surface area contributed by atoms with Gasteiger partial charge in [0.15, 0.2) is 0 Å². The van der Waals surface area contributed by atoms with Crippen LogP contribution in [0.1, 0.15) is 31.4 Å². The zero-order valence-electron chi connectivity index (χ0n) is 12.5. The molecule has 20 heavy (non-hydrogen) atoms. The first-order valence-corrected chi connectivity index (χ1v) is 8.16. The van der Waals surface area contributed by atoms with Crippen molar-refractivity contribution in [3.05, 3.63) is 23.3 Å². The van der Waals surface area contributed by atoms with Crippen LogP contribution in [-0.4, -0.2) is 26.7 Å². The van der Waals surface area contributed by atoms with E-state index in [-0.39, 0.29) is 16.9 Å². The molecule has 1 rings (SSSR count). The Kier molecular flexibility index (Phi) is 5.18. The Morgan fingerprint density at radius 3 is 2.40 bits per heavy atom. The molecule has 4 N–H and O–H groups in total. The first-order valence-electron chi connectivity index (χ1n) is 6.62. The summed E-state index contributed by atoms with van der Waals surface area (Å²) >= 11 is 0. The second-order valence-corrected chi connectivity index (χ2v) is 7.20. The second kappa shape index (κ2) is 6.11. The molecule has 6 heteroatoms. The van der Waals surface area contributed by atoms with Gasteiger partial charge in [-0.3, -0.25) is 0 Å². The Morgan fingerprint density at radius 1 is 1.35 bits per heavy atom. The van der Waals surface area contributed by atoms with Crippen molar-refractivity contribution in [1.82, 2.24) is 0 Å². The summed E-state index contributed by atoms with van der Waals surface area (Å²) in [6.45, 7) is 8.40. The van der Waals surface area contributed by atoms with Gasteiger partial charge in [0.2, 0.25) is 10.0 Å². The molecule has 5 nitrogen and oxygen atoms in total. The van der Waals surface area contributed by atoms with Crippen LogP contribution in [0.4, 0.5) is 5.69 Å². The van der Waals surface area contributed by atoms with Crippen molar-refractivity contribution in [3.8, 4) is 0 Å². The summed E-state index contributed by atoms with van der Waals surface area (Å²) in [7, 11) is -3.72. The number of anilines is 1. The zero-order chi connectivity index (χ0) is 15.6. The van der Waals surface area contributed by atoms with E-state index in [1.54, 1.807) is 12.1 Å². The molecule has 0 heterocycles. The van der Waals surface area contributed by atoms with Gasteiger partial charge in [0, 0.05) is 17.6 Å². The molecule has 0 fully saturated rings. The molecule has 0 aliphatic carbocycles. The van der Waals surface area contributed by atoms with Crippen LogP contribution in [-0.2, 0) is 10.0 Å². The monoisotopic (exact) mass is 300 g/mol. The van der Waals surface area contributed by atoms with Crippen molar-refractivity contribution in [2.24, 2.45) is 10.6 Å². The number of hydrogen-bond acceptors (Lipinski definition) is 4. The number of nitrogens with one attached hydrogen (secondary N) is 1. The number of primary sulfonamides is 1. The van der Waals surface area contributed by atoms with Crippen molar-refractivity contribution >= 4 is 15.7 Å². The molecule has 1 atom stereocenters. The van der Waals surface area contributed by atoms with Crippen molar-refractivity contribution in [2.45, 2.75) is 39.0 Å². The SMILES string of the molecule is CCC(C)(CO)CNc1cc(S(N)(=O)=O)cc(C)c1C. The molecule has 0 aliphatic heterocycles. The molecule has 0 bridgehead atoms. The predicted octanol–water partition coefficient (Wildman–Crippen LogP) is 1.77. The van der Waals surface area contributed by atoms with E-state index in [0.29, 0.717) is 6.54 Å². The van der Waals surface area contributed by atoms with Crippen molar-refractivity contribution in [2.75, 3.05) is 18.5 Å². The number of sulfonamides is 1. The van der Waals surface area contributed by atoms with E-state index < -0.39 is 10.0 Å². The van der Waals surface area contributed by atoms with Crippen LogP contribution in [0.25, 0.3) is 0 Å². The van der Waals surface area contributed by atoms with Gasteiger partial charge in [-0.05, 0) is 43.5 Å². The normalized spacial score (nSPS) is 14.9. The lowest BCUT2D eigenvalue weighted by Crippen LogP contribution is -2.30. The molecule has 1 unspecified atom stereocenters. The first kappa shape index (κ1) is 16.9. The van der Waals surface area contributed by atoms with Gasteiger partial charge in [0.05, 0.1) is 11.5 Å². The van der Waals surface area contributed by atoms with E-state index in [9.17, 15) is 13.5 Å². The van der Waals surface area contributed by atoms with Crippen LogP contribution >= 0.6 is 0 Å². The minimum Gasteiger partial charge on any atom is -0.396 e. The molecule has 0 aliphatic rings. The van der Waals surface area contributed by atoms with Gasteiger partial charge in [-0.2, -0.15) is 0 Å². The Hall–Kier alpha value is -1.11. The Labute approximate surface area is 121 Å². The fourth-order valence-electron chi connectivity index (χ4n) is 1.78. The Balaban J connectivity index is 3.10. The molecule has 114 valence electrons. The van der Waals surface area contributed by atoms with Crippen LogP contribution < -0.4 is 10.5 Å². The van der Waals surface area contributed by atoms with Crippen molar-refractivity contribution in [3.63, 3.8) is 0 Å². The number of aliphatic hydroxyl groups excluding tert-OH is 1. The summed E-state index contributed by atoms with van der Waals surface area (Å²) in [4.78, 5) is 0.102. The molecule has 0 amide bonds. The Bertz CT molecular complexity index is 578. The van der Waals surface area contributed by atoms with Crippen LogP contribution in [0.2, 0.25) is 0 Å².